The van der Waals surface area contributed by atoms with Crippen molar-refractivity contribution < 1.29 is 8.42 Å². The first-order valence-electron chi connectivity index (χ1n) is 9.42. The zero-order valence-electron chi connectivity index (χ0n) is 16.2. The standard InChI is InChI=1S/C24H21N2O2PS/c25-30(27,28)24-18-16-20(17-19-24)26-29(21-10-4-1-5-11-21,22-12-6-2-7-13-22)23-14-8-3-9-15-23/h1-19H,(H2,25,27,28). The van der Waals surface area contributed by atoms with Crippen molar-refractivity contribution in [2.45, 2.75) is 4.90 Å². The van der Waals surface area contributed by atoms with E-state index in [0.29, 0.717) is 5.69 Å². The zero-order chi connectivity index (χ0) is 21.0. The summed E-state index contributed by atoms with van der Waals surface area (Å²) < 4.78 is 28.6. The van der Waals surface area contributed by atoms with Gasteiger partial charge in [-0.1, -0.05) is 91.0 Å². The summed E-state index contributed by atoms with van der Waals surface area (Å²) in [6.07, 6.45) is 0. The topological polar surface area (TPSA) is 72.5 Å². The molecule has 0 bridgehead atoms. The lowest BCUT2D eigenvalue weighted by Crippen LogP contribution is -2.25. The summed E-state index contributed by atoms with van der Waals surface area (Å²) >= 11 is 0. The largest absolute Gasteiger partial charge is 0.254 e. The zero-order valence-corrected chi connectivity index (χ0v) is 17.9. The molecule has 0 aliphatic carbocycles. The highest BCUT2D eigenvalue weighted by atomic mass is 32.2. The molecule has 0 radical (unpaired) electrons. The molecule has 0 unspecified atom stereocenters. The average molecular weight is 432 g/mol. The maximum absolute atomic E-state index is 11.6. The molecule has 0 aliphatic heterocycles. The van der Waals surface area contributed by atoms with E-state index in [2.05, 4.69) is 36.4 Å². The molecule has 150 valence electrons. The van der Waals surface area contributed by atoms with Gasteiger partial charge in [0.25, 0.3) is 0 Å². The van der Waals surface area contributed by atoms with Gasteiger partial charge in [0.1, 0.15) is 0 Å². The molecule has 6 heteroatoms. The summed E-state index contributed by atoms with van der Waals surface area (Å²) in [5.41, 5.74) is 0.701. The van der Waals surface area contributed by atoms with E-state index in [9.17, 15) is 8.42 Å². The Morgan fingerprint density at radius 3 is 1.27 bits per heavy atom. The highest BCUT2D eigenvalue weighted by Gasteiger charge is 2.27. The van der Waals surface area contributed by atoms with E-state index in [0.717, 1.165) is 15.9 Å². The molecular formula is C24H21N2O2PS. The third-order valence-corrected chi connectivity index (χ3v) is 9.42. The summed E-state index contributed by atoms with van der Waals surface area (Å²) in [6.45, 7) is 0. The minimum absolute atomic E-state index is 0.0736. The minimum atomic E-state index is -3.75. The monoisotopic (exact) mass is 432 g/mol. The Morgan fingerprint density at radius 2 is 0.933 bits per heavy atom. The van der Waals surface area contributed by atoms with Gasteiger partial charge in [-0.25, -0.2) is 13.6 Å². The number of primary sulfonamides is 1. The molecular weight excluding hydrogens is 411 g/mol. The van der Waals surface area contributed by atoms with Crippen LogP contribution in [0, 0.1) is 0 Å². The molecule has 0 amide bonds. The van der Waals surface area contributed by atoms with Crippen LogP contribution in [0.15, 0.2) is 125 Å². The second kappa shape index (κ2) is 8.41. The first kappa shape index (κ1) is 20.3. The molecule has 4 nitrogen and oxygen atoms in total. The molecule has 2 N–H and O–H groups in total. The third-order valence-electron chi connectivity index (χ3n) is 4.82. The van der Waals surface area contributed by atoms with Gasteiger partial charge in [-0.15, -0.1) is 0 Å². The fourth-order valence-electron chi connectivity index (χ4n) is 3.43. The number of nitrogens with zero attached hydrogens (tertiary/aromatic N) is 1. The quantitative estimate of drug-likeness (QED) is 0.482. The Hall–Kier alpha value is -2.98. The first-order valence-corrected chi connectivity index (χ1v) is 12.7. The molecule has 0 saturated heterocycles. The number of sulfonamides is 1. The van der Waals surface area contributed by atoms with E-state index in [1.165, 1.54) is 12.1 Å². The predicted octanol–water partition coefficient (Wildman–Crippen LogP) is 4.14. The van der Waals surface area contributed by atoms with Crippen molar-refractivity contribution in [3.63, 3.8) is 0 Å². The fourth-order valence-corrected chi connectivity index (χ4v) is 7.47. The van der Waals surface area contributed by atoms with Gasteiger partial charge in [-0.3, -0.25) is 4.74 Å². The van der Waals surface area contributed by atoms with Gasteiger partial charge in [0.2, 0.25) is 10.0 Å². The van der Waals surface area contributed by atoms with Gasteiger partial charge in [0.15, 0.2) is 0 Å². The molecule has 0 heterocycles. The van der Waals surface area contributed by atoms with Crippen LogP contribution in [0.3, 0.4) is 0 Å². The van der Waals surface area contributed by atoms with Gasteiger partial charge in [-0.05, 0) is 24.3 Å². The molecule has 0 aliphatic rings. The highest BCUT2D eigenvalue weighted by molar-refractivity contribution is 7.89. The van der Waals surface area contributed by atoms with Gasteiger partial charge >= 0.3 is 0 Å². The van der Waals surface area contributed by atoms with Crippen LogP contribution in [0.2, 0.25) is 0 Å². The molecule has 0 aromatic heterocycles. The number of hydrogen-bond acceptors (Lipinski definition) is 3. The van der Waals surface area contributed by atoms with Gasteiger partial charge in [-0.2, -0.15) is 0 Å². The Balaban J connectivity index is 2.06. The van der Waals surface area contributed by atoms with Crippen molar-refractivity contribution in [1.82, 2.24) is 0 Å². The number of hydrogen-bond donors (Lipinski definition) is 1. The minimum Gasteiger partial charge on any atom is -0.254 e. The second-order valence-corrected chi connectivity index (χ2v) is 11.4. The van der Waals surface area contributed by atoms with Crippen molar-refractivity contribution in [3.05, 3.63) is 115 Å². The highest BCUT2D eigenvalue weighted by Crippen LogP contribution is 2.49. The lowest BCUT2D eigenvalue weighted by molar-refractivity contribution is 0.598. The Labute approximate surface area is 177 Å². The summed E-state index contributed by atoms with van der Waals surface area (Å²) in [7, 11) is -6.14. The van der Waals surface area contributed by atoms with E-state index in [1.807, 2.05) is 54.6 Å². The van der Waals surface area contributed by atoms with Gasteiger partial charge in [0.05, 0.1) is 17.6 Å². The molecule has 4 aromatic rings. The molecule has 4 aromatic carbocycles. The molecule has 0 fully saturated rings. The van der Waals surface area contributed by atoms with E-state index in [-0.39, 0.29) is 4.90 Å². The normalized spacial score (nSPS) is 11.8. The number of benzene rings is 4. The summed E-state index contributed by atoms with van der Waals surface area (Å²) in [5, 5.41) is 8.63. The van der Waals surface area contributed by atoms with Crippen LogP contribution in [0.25, 0.3) is 0 Å². The van der Waals surface area contributed by atoms with Crippen molar-refractivity contribution in [2.75, 3.05) is 0 Å². The van der Waals surface area contributed by atoms with Crippen molar-refractivity contribution in [1.29, 1.82) is 0 Å². The molecule has 0 spiro atoms. The van der Waals surface area contributed by atoms with Crippen molar-refractivity contribution in [2.24, 2.45) is 9.88 Å². The number of rotatable bonds is 5. The van der Waals surface area contributed by atoms with Crippen LogP contribution in [-0.4, -0.2) is 8.42 Å². The lowest BCUT2D eigenvalue weighted by atomic mass is 10.3. The van der Waals surface area contributed by atoms with Crippen LogP contribution < -0.4 is 21.1 Å². The Morgan fingerprint density at radius 1 is 0.567 bits per heavy atom. The summed E-state index contributed by atoms with van der Waals surface area (Å²) in [5.74, 6) is 0. The maximum atomic E-state index is 11.6. The Bertz CT molecular complexity index is 1190. The van der Waals surface area contributed by atoms with Gasteiger partial charge in [0, 0.05) is 15.9 Å². The van der Waals surface area contributed by atoms with E-state index in [4.69, 9.17) is 9.88 Å². The average Bonchev–Trinajstić information content (AvgIpc) is 2.79. The lowest BCUT2D eigenvalue weighted by Gasteiger charge is -2.27. The second-order valence-electron chi connectivity index (χ2n) is 6.78. The Kier molecular flexibility index (Phi) is 5.69. The van der Waals surface area contributed by atoms with Crippen LogP contribution in [0.5, 0.6) is 0 Å². The molecule has 4 rings (SSSR count). The third kappa shape index (κ3) is 4.01. The van der Waals surface area contributed by atoms with Crippen LogP contribution >= 0.6 is 7.05 Å². The smallest absolute Gasteiger partial charge is 0.238 e. The number of nitrogens with two attached hydrogens (primary N) is 1. The fraction of sp³-hybridized carbons (Fsp3) is 0. The van der Waals surface area contributed by atoms with Crippen LogP contribution in [-0.2, 0) is 10.0 Å². The molecule has 0 atom stereocenters. The van der Waals surface area contributed by atoms with Crippen molar-refractivity contribution >= 4 is 38.7 Å². The molecule has 0 saturated carbocycles. The summed E-state index contributed by atoms with van der Waals surface area (Å²) in [4.78, 5) is 0.0736. The predicted molar refractivity (Wildman–Crippen MR) is 125 cm³/mol. The van der Waals surface area contributed by atoms with E-state index in [1.54, 1.807) is 12.1 Å². The van der Waals surface area contributed by atoms with E-state index >= 15 is 0 Å². The summed E-state index contributed by atoms with van der Waals surface area (Å²) in [6, 6.07) is 37.2. The van der Waals surface area contributed by atoms with Crippen LogP contribution in [0.4, 0.5) is 5.69 Å². The maximum Gasteiger partial charge on any atom is 0.238 e. The molecule has 30 heavy (non-hydrogen) atoms. The SMILES string of the molecule is NS(=O)(=O)c1ccc(N=P(c2ccccc2)(c2ccccc2)c2ccccc2)cc1. The van der Waals surface area contributed by atoms with Crippen molar-refractivity contribution in [3.8, 4) is 0 Å². The van der Waals surface area contributed by atoms with Crippen LogP contribution in [0.1, 0.15) is 0 Å². The van der Waals surface area contributed by atoms with Gasteiger partial charge < -0.3 is 0 Å². The van der Waals surface area contributed by atoms with E-state index < -0.39 is 17.1 Å². The first-order chi connectivity index (χ1) is 14.5.